The highest BCUT2D eigenvalue weighted by molar-refractivity contribution is 6.30. The van der Waals surface area contributed by atoms with Crippen molar-refractivity contribution in [3.05, 3.63) is 58.1 Å². The molecule has 1 saturated heterocycles. The van der Waals surface area contributed by atoms with Gasteiger partial charge in [0.2, 0.25) is 11.8 Å². The summed E-state index contributed by atoms with van der Waals surface area (Å²) in [5.74, 6) is -0.511. The van der Waals surface area contributed by atoms with Crippen molar-refractivity contribution in [2.24, 2.45) is 5.92 Å². The SMILES string of the molecule is Cc1cc(C)c(NC(=O)[C@H]2CC(=O)N(c3ccc(Cl)cc3)C2)c(C)c1. The Bertz CT molecular complexity index is 807. The quantitative estimate of drug-likeness (QED) is 0.893. The molecule has 0 spiro atoms. The molecule has 0 aromatic heterocycles. The average Bonchev–Trinajstić information content (AvgIpc) is 2.93. The molecule has 5 heteroatoms. The maximum Gasteiger partial charge on any atom is 0.229 e. The normalized spacial score (nSPS) is 17.0. The minimum atomic E-state index is -0.358. The molecular formula is C20H21ClN2O2. The summed E-state index contributed by atoms with van der Waals surface area (Å²) in [5.41, 5.74) is 4.84. The third kappa shape index (κ3) is 3.69. The maximum atomic E-state index is 12.7. The Morgan fingerprint density at radius 3 is 2.32 bits per heavy atom. The zero-order chi connectivity index (χ0) is 18.1. The highest BCUT2D eigenvalue weighted by atomic mass is 35.5. The standard InChI is InChI=1S/C20H21ClN2O2/c1-12-8-13(2)19(14(3)9-12)22-20(25)15-10-18(24)23(11-15)17-6-4-16(21)5-7-17/h4-9,15H,10-11H2,1-3H3,(H,22,25)/t15-/m0/s1. The van der Waals surface area contributed by atoms with Gasteiger partial charge >= 0.3 is 0 Å². The summed E-state index contributed by atoms with van der Waals surface area (Å²) in [6, 6.07) is 11.2. The van der Waals surface area contributed by atoms with E-state index in [1.165, 1.54) is 0 Å². The average molecular weight is 357 g/mol. The lowest BCUT2D eigenvalue weighted by Gasteiger charge is -2.18. The van der Waals surface area contributed by atoms with Gasteiger partial charge in [-0.25, -0.2) is 0 Å². The van der Waals surface area contributed by atoms with Gasteiger partial charge in [0, 0.05) is 29.4 Å². The topological polar surface area (TPSA) is 49.4 Å². The Balaban J connectivity index is 1.74. The number of hydrogen-bond acceptors (Lipinski definition) is 2. The summed E-state index contributed by atoms with van der Waals surface area (Å²) in [5, 5.41) is 3.63. The summed E-state index contributed by atoms with van der Waals surface area (Å²) >= 11 is 5.90. The third-order valence-corrected chi connectivity index (χ3v) is 4.81. The first kappa shape index (κ1) is 17.5. The third-order valence-electron chi connectivity index (χ3n) is 4.56. The van der Waals surface area contributed by atoms with Gasteiger partial charge < -0.3 is 10.2 Å². The highest BCUT2D eigenvalue weighted by Gasteiger charge is 2.35. The predicted octanol–water partition coefficient (Wildman–Crippen LogP) is 4.26. The molecule has 130 valence electrons. The number of benzene rings is 2. The van der Waals surface area contributed by atoms with Crippen LogP contribution in [0.2, 0.25) is 5.02 Å². The summed E-state index contributed by atoms with van der Waals surface area (Å²) in [6.07, 6.45) is 0.221. The summed E-state index contributed by atoms with van der Waals surface area (Å²) in [7, 11) is 0. The van der Waals surface area contributed by atoms with Crippen LogP contribution in [-0.4, -0.2) is 18.4 Å². The van der Waals surface area contributed by atoms with E-state index in [0.717, 1.165) is 28.1 Å². The number of hydrogen-bond donors (Lipinski definition) is 1. The molecule has 1 aliphatic heterocycles. The Morgan fingerprint density at radius 1 is 1.12 bits per heavy atom. The number of aryl methyl sites for hydroxylation is 3. The number of nitrogens with zero attached hydrogens (tertiary/aromatic N) is 1. The number of amides is 2. The van der Waals surface area contributed by atoms with Crippen molar-refractivity contribution in [1.82, 2.24) is 0 Å². The molecule has 3 rings (SSSR count). The molecule has 2 aromatic rings. The number of anilines is 2. The van der Waals surface area contributed by atoms with Gasteiger partial charge in [-0.1, -0.05) is 29.3 Å². The van der Waals surface area contributed by atoms with Crippen LogP contribution < -0.4 is 10.2 Å². The Hall–Kier alpha value is -2.33. The van der Waals surface area contributed by atoms with Gasteiger partial charge in [-0.3, -0.25) is 9.59 Å². The van der Waals surface area contributed by atoms with Gasteiger partial charge in [0.25, 0.3) is 0 Å². The number of carbonyl (C=O) groups excluding carboxylic acids is 2. The van der Waals surface area contributed by atoms with Crippen molar-refractivity contribution in [2.75, 3.05) is 16.8 Å². The van der Waals surface area contributed by atoms with Gasteiger partial charge in [-0.05, 0) is 56.2 Å². The van der Waals surface area contributed by atoms with E-state index in [-0.39, 0.29) is 24.2 Å². The van der Waals surface area contributed by atoms with Crippen molar-refractivity contribution in [3.63, 3.8) is 0 Å². The fourth-order valence-electron chi connectivity index (χ4n) is 3.36. The van der Waals surface area contributed by atoms with E-state index >= 15 is 0 Å². The van der Waals surface area contributed by atoms with Crippen LogP contribution in [0.15, 0.2) is 36.4 Å². The van der Waals surface area contributed by atoms with Crippen molar-refractivity contribution >= 4 is 34.8 Å². The van der Waals surface area contributed by atoms with Gasteiger partial charge in [0.05, 0.1) is 5.92 Å². The van der Waals surface area contributed by atoms with Gasteiger partial charge in [-0.15, -0.1) is 0 Å². The monoisotopic (exact) mass is 356 g/mol. The van der Waals surface area contributed by atoms with Crippen LogP contribution in [0.4, 0.5) is 11.4 Å². The molecule has 1 heterocycles. The van der Waals surface area contributed by atoms with Crippen molar-refractivity contribution in [3.8, 4) is 0 Å². The van der Waals surface area contributed by atoms with E-state index in [9.17, 15) is 9.59 Å². The highest BCUT2D eigenvalue weighted by Crippen LogP contribution is 2.28. The van der Waals surface area contributed by atoms with Crippen LogP contribution in [-0.2, 0) is 9.59 Å². The van der Waals surface area contributed by atoms with E-state index < -0.39 is 0 Å². The van der Waals surface area contributed by atoms with Crippen LogP contribution in [0.3, 0.4) is 0 Å². The van der Waals surface area contributed by atoms with Crippen LogP contribution in [0.25, 0.3) is 0 Å². The number of halogens is 1. The van der Waals surface area contributed by atoms with Crippen molar-refractivity contribution < 1.29 is 9.59 Å². The Kier molecular flexibility index (Phi) is 4.82. The number of nitrogens with one attached hydrogen (secondary N) is 1. The zero-order valence-corrected chi connectivity index (χ0v) is 15.4. The summed E-state index contributed by atoms with van der Waals surface area (Å²) in [6.45, 7) is 6.38. The second-order valence-electron chi connectivity index (χ2n) is 6.64. The molecule has 1 N–H and O–H groups in total. The van der Waals surface area contributed by atoms with Crippen LogP contribution in [0.1, 0.15) is 23.1 Å². The molecule has 4 nitrogen and oxygen atoms in total. The molecule has 0 saturated carbocycles. The molecule has 1 aliphatic rings. The van der Waals surface area contributed by atoms with Crippen molar-refractivity contribution in [2.45, 2.75) is 27.2 Å². The smallest absolute Gasteiger partial charge is 0.229 e. The van der Waals surface area contributed by atoms with Gasteiger partial charge in [-0.2, -0.15) is 0 Å². The molecular weight excluding hydrogens is 336 g/mol. The molecule has 0 aliphatic carbocycles. The van der Waals surface area contributed by atoms with E-state index in [0.29, 0.717) is 11.6 Å². The fourth-order valence-corrected chi connectivity index (χ4v) is 3.48. The largest absolute Gasteiger partial charge is 0.325 e. The van der Waals surface area contributed by atoms with Crippen molar-refractivity contribution in [1.29, 1.82) is 0 Å². The van der Waals surface area contributed by atoms with E-state index in [1.807, 2.05) is 32.9 Å². The van der Waals surface area contributed by atoms with Gasteiger partial charge in [0.15, 0.2) is 0 Å². The van der Waals surface area contributed by atoms with Gasteiger partial charge in [0.1, 0.15) is 0 Å². The molecule has 0 unspecified atom stereocenters. The lowest BCUT2D eigenvalue weighted by molar-refractivity contribution is -0.122. The predicted molar refractivity (Wildman–Crippen MR) is 101 cm³/mol. The maximum absolute atomic E-state index is 12.7. The summed E-state index contributed by atoms with van der Waals surface area (Å²) in [4.78, 5) is 26.6. The zero-order valence-electron chi connectivity index (χ0n) is 14.6. The fraction of sp³-hybridized carbons (Fsp3) is 0.300. The molecule has 0 bridgehead atoms. The second kappa shape index (κ2) is 6.89. The minimum absolute atomic E-state index is 0.0418. The minimum Gasteiger partial charge on any atom is -0.325 e. The first-order valence-electron chi connectivity index (χ1n) is 8.30. The number of carbonyl (C=O) groups is 2. The molecule has 2 aromatic carbocycles. The lowest BCUT2D eigenvalue weighted by atomic mass is 10.0. The first-order chi connectivity index (χ1) is 11.8. The van der Waals surface area contributed by atoms with Crippen LogP contribution >= 0.6 is 11.6 Å². The van der Waals surface area contributed by atoms with Crippen LogP contribution in [0.5, 0.6) is 0 Å². The van der Waals surface area contributed by atoms with E-state index in [2.05, 4.69) is 5.32 Å². The molecule has 1 fully saturated rings. The molecule has 2 amide bonds. The second-order valence-corrected chi connectivity index (χ2v) is 7.08. The Morgan fingerprint density at radius 2 is 1.72 bits per heavy atom. The lowest BCUT2D eigenvalue weighted by Crippen LogP contribution is -2.28. The molecule has 0 radical (unpaired) electrons. The molecule has 1 atom stereocenters. The van der Waals surface area contributed by atoms with E-state index in [4.69, 9.17) is 11.6 Å². The Labute approximate surface area is 152 Å². The van der Waals surface area contributed by atoms with Crippen LogP contribution in [0, 0.1) is 26.7 Å². The molecule has 25 heavy (non-hydrogen) atoms. The summed E-state index contributed by atoms with van der Waals surface area (Å²) < 4.78 is 0. The van der Waals surface area contributed by atoms with E-state index in [1.54, 1.807) is 29.2 Å². The first-order valence-corrected chi connectivity index (χ1v) is 8.67. The number of rotatable bonds is 3.